The van der Waals surface area contributed by atoms with Gasteiger partial charge in [0.05, 0.1) is 28.2 Å². The van der Waals surface area contributed by atoms with Gasteiger partial charge in [-0.3, -0.25) is 9.59 Å². The number of alkyl halides is 2. The second-order valence-electron chi connectivity index (χ2n) is 12.4. The molecule has 0 aliphatic heterocycles. The van der Waals surface area contributed by atoms with Crippen LogP contribution in [0.3, 0.4) is 0 Å². The Morgan fingerprint density at radius 2 is 1.00 bits per heavy atom. The zero-order valence-corrected chi connectivity index (χ0v) is 29.2. The average Bonchev–Trinajstić information content (AvgIpc) is 2.96. The maximum Gasteiger partial charge on any atom is 0.255 e. The first-order chi connectivity index (χ1) is 21.6. The summed E-state index contributed by atoms with van der Waals surface area (Å²) in [6.45, 7) is 7.53. The van der Waals surface area contributed by atoms with E-state index in [-0.39, 0.29) is 21.1 Å². The van der Waals surface area contributed by atoms with Gasteiger partial charge in [-0.05, 0) is 74.5 Å². The van der Waals surface area contributed by atoms with Crippen molar-refractivity contribution in [2.24, 2.45) is 0 Å². The van der Waals surface area contributed by atoms with E-state index in [1.165, 1.54) is 0 Å². The van der Waals surface area contributed by atoms with E-state index in [0.717, 1.165) is 35.6 Å². The van der Waals surface area contributed by atoms with Crippen LogP contribution in [0.1, 0.15) is 45.7 Å². The van der Waals surface area contributed by atoms with Crippen LogP contribution in [0.25, 0.3) is 0 Å². The van der Waals surface area contributed by atoms with Crippen molar-refractivity contribution >= 4 is 57.8 Å². The molecule has 250 valence electrons. The Kier molecular flexibility index (Phi) is 13.3. The highest BCUT2D eigenvalue weighted by Gasteiger charge is 2.19. The van der Waals surface area contributed by atoms with Crippen LogP contribution in [-0.2, 0) is 13.1 Å². The van der Waals surface area contributed by atoms with Gasteiger partial charge in [-0.1, -0.05) is 0 Å². The Bertz CT molecular complexity index is 1360. The number of anilines is 4. The van der Waals surface area contributed by atoms with E-state index in [1.807, 2.05) is 50.2 Å². The fourth-order valence-electron chi connectivity index (χ4n) is 5.26. The molecule has 0 aliphatic rings. The van der Waals surface area contributed by atoms with Crippen LogP contribution in [0, 0.1) is 0 Å². The molecule has 0 spiro atoms. The zero-order valence-electron chi connectivity index (χ0n) is 27.7. The minimum absolute atomic E-state index is 0.253. The smallest absolute Gasteiger partial charge is 0.255 e. The molecule has 3 rings (SSSR count). The van der Waals surface area contributed by atoms with Crippen LogP contribution in [0.4, 0.5) is 22.7 Å². The number of quaternary nitrogens is 2. The van der Waals surface area contributed by atoms with E-state index in [2.05, 4.69) is 20.4 Å². The topological polar surface area (TPSA) is 105 Å². The molecule has 46 heavy (non-hydrogen) atoms. The molecule has 3 aromatic rings. The van der Waals surface area contributed by atoms with E-state index < -0.39 is 0 Å². The van der Waals surface area contributed by atoms with Gasteiger partial charge in [0.15, 0.2) is 0 Å². The van der Waals surface area contributed by atoms with Crippen molar-refractivity contribution in [1.29, 1.82) is 0 Å². The first-order valence-electron chi connectivity index (χ1n) is 15.4. The van der Waals surface area contributed by atoms with E-state index >= 15 is 0 Å². The number of hydrogen-bond acceptors (Lipinski definition) is 6. The van der Waals surface area contributed by atoms with Gasteiger partial charge < -0.3 is 20.4 Å². The molecule has 0 bridgehead atoms. The van der Waals surface area contributed by atoms with Gasteiger partial charge in [0, 0.05) is 82.9 Å². The molecule has 4 N–H and O–H groups in total. The Morgan fingerprint density at radius 1 is 0.652 bits per heavy atom. The molecule has 0 heterocycles. The van der Waals surface area contributed by atoms with Crippen molar-refractivity contribution in [3.8, 4) is 0 Å². The normalized spacial score (nSPS) is 11.7. The van der Waals surface area contributed by atoms with Crippen LogP contribution in [0.2, 0.25) is 0 Å². The van der Waals surface area contributed by atoms with Gasteiger partial charge >= 0.3 is 0 Å². The van der Waals surface area contributed by atoms with Gasteiger partial charge in [0.2, 0.25) is 0 Å². The van der Waals surface area contributed by atoms with E-state index in [1.54, 1.807) is 52.5 Å². The number of benzene rings is 3. The standard InChI is InChI=1S/C34H46Cl2N6O4/c1-7-39(15-13-35)31-19-25(23-41(3,4)45)17-29(21-31)37-33(43)27-9-11-28(12-10-27)34(44)38-30-18-26(24-42(5,6)46)20-32(22-30)40(8-2)16-14-36/h9-12,17-22,45-46H,7-8,13-16,23-24H2,1-6H3/p+2. The summed E-state index contributed by atoms with van der Waals surface area (Å²) in [4.78, 5) is 30.7. The minimum atomic E-state index is -0.325. The first kappa shape index (κ1) is 37.1. The van der Waals surface area contributed by atoms with Crippen LogP contribution >= 0.6 is 23.2 Å². The highest BCUT2D eigenvalue weighted by molar-refractivity contribution is 6.18. The number of carbonyl (C=O) groups is 2. The number of amides is 2. The predicted octanol–water partition coefficient (Wildman–Crippen LogP) is 6.25. The fraction of sp³-hybridized carbons (Fsp3) is 0.412. The Labute approximate surface area is 282 Å². The SMILES string of the molecule is CCN(CCCl)c1cc(C[N+](C)(C)O)cc(NC(=O)c2ccc(C(=O)Nc3cc(C[N+](C)(C)O)cc(N(CC)CCCl)c3)cc2)c1. The van der Waals surface area contributed by atoms with Crippen LogP contribution in [0.15, 0.2) is 60.7 Å². The molecule has 12 heteroatoms. The summed E-state index contributed by atoms with van der Waals surface area (Å²) < 4.78 is -0.507. The van der Waals surface area contributed by atoms with Gasteiger partial charge in [0.25, 0.3) is 11.8 Å². The number of hydroxylamine groups is 6. The van der Waals surface area contributed by atoms with Crippen molar-refractivity contribution in [2.75, 3.05) is 86.6 Å². The highest BCUT2D eigenvalue weighted by atomic mass is 35.5. The molecule has 0 aromatic heterocycles. The summed E-state index contributed by atoms with van der Waals surface area (Å²) in [5.74, 6) is 0.266. The third-order valence-electron chi connectivity index (χ3n) is 7.22. The van der Waals surface area contributed by atoms with E-state index in [4.69, 9.17) is 23.2 Å². The number of halogens is 2. The maximum atomic E-state index is 13.3. The molecule has 2 amide bonds. The largest absolute Gasteiger partial charge is 0.371 e. The van der Waals surface area contributed by atoms with Gasteiger partial charge in [-0.2, -0.15) is 9.29 Å². The van der Waals surface area contributed by atoms with Crippen molar-refractivity contribution in [3.63, 3.8) is 0 Å². The Morgan fingerprint density at radius 3 is 1.28 bits per heavy atom. The van der Waals surface area contributed by atoms with Gasteiger partial charge in [-0.25, -0.2) is 10.4 Å². The molecule has 0 aliphatic carbocycles. The molecular weight excluding hydrogens is 627 g/mol. The lowest BCUT2D eigenvalue weighted by atomic mass is 10.1. The molecule has 0 fully saturated rings. The lowest BCUT2D eigenvalue weighted by Crippen LogP contribution is -2.34. The number of hydrogen-bond donors (Lipinski definition) is 4. The summed E-state index contributed by atoms with van der Waals surface area (Å²) >= 11 is 12.0. The summed E-state index contributed by atoms with van der Waals surface area (Å²) in [7, 11) is 6.74. The predicted molar refractivity (Wildman–Crippen MR) is 188 cm³/mol. The second kappa shape index (κ2) is 16.4. The monoisotopic (exact) mass is 674 g/mol. The number of nitrogens with zero attached hydrogens (tertiary/aromatic N) is 4. The quantitative estimate of drug-likeness (QED) is 0.0813. The third kappa shape index (κ3) is 11.5. The number of nitrogens with one attached hydrogen (secondary N) is 2. The average molecular weight is 676 g/mol. The minimum Gasteiger partial charge on any atom is -0.371 e. The van der Waals surface area contributed by atoms with Crippen LogP contribution in [-0.4, -0.2) is 97.7 Å². The molecule has 0 unspecified atom stereocenters. The zero-order chi connectivity index (χ0) is 34.1. The van der Waals surface area contributed by atoms with Crippen molar-refractivity contribution in [2.45, 2.75) is 26.9 Å². The summed E-state index contributed by atoms with van der Waals surface area (Å²) in [5, 5.41) is 26.7. The molecule has 0 saturated carbocycles. The third-order valence-corrected chi connectivity index (χ3v) is 7.56. The molecule has 0 radical (unpaired) electrons. The van der Waals surface area contributed by atoms with Crippen LogP contribution in [0.5, 0.6) is 0 Å². The Hall–Kier alpha value is -3.38. The number of rotatable bonds is 16. The Balaban J connectivity index is 1.81. The molecule has 10 nitrogen and oxygen atoms in total. The van der Waals surface area contributed by atoms with Crippen molar-refractivity contribution < 1.29 is 29.3 Å². The van der Waals surface area contributed by atoms with Crippen LogP contribution < -0.4 is 20.4 Å². The first-order valence-corrected chi connectivity index (χ1v) is 16.5. The fourth-order valence-corrected chi connectivity index (χ4v) is 5.66. The van der Waals surface area contributed by atoms with Crippen molar-refractivity contribution in [1.82, 2.24) is 0 Å². The van der Waals surface area contributed by atoms with Gasteiger partial charge in [-0.15, -0.1) is 23.2 Å². The second-order valence-corrected chi connectivity index (χ2v) is 13.1. The summed E-state index contributed by atoms with van der Waals surface area (Å²) in [6.07, 6.45) is 0. The summed E-state index contributed by atoms with van der Waals surface area (Å²) in [6, 6.07) is 17.9. The van der Waals surface area contributed by atoms with Gasteiger partial charge in [0.1, 0.15) is 13.1 Å². The molecular formula is C34H48Cl2N6O4+2. The lowest BCUT2D eigenvalue weighted by Gasteiger charge is -2.25. The maximum absolute atomic E-state index is 13.3. The molecule has 0 saturated heterocycles. The molecule has 0 atom stereocenters. The lowest BCUT2D eigenvalue weighted by molar-refractivity contribution is -1.08. The summed E-state index contributed by atoms with van der Waals surface area (Å²) in [5.41, 5.74) is 5.48. The number of carbonyl (C=O) groups excluding carboxylic acids is 2. The van der Waals surface area contributed by atoms with E-state index in [0.29, 0.717) is 60.4 Å². The molecule has 3 aromatic carbocycles. The highest BCUT2D eigenvalue weighted by Crippen LogP contribution is 2.27. The van der Waals surface area contributed by atoms with Crippen molar-refractivity contribution in [3.05, 3.63) is 82.9 Å². The van der Waals surface area contributed by atoms with E-state index in [9.17, 15) is 20.0 Å².